The van der Waals surface area contributed by atoms with Crippen molar-refractivity contribution in [2.75, 3.05) is 7.11 Å². The maximum Gasteiger partial charge on any atom is 0.0737 e. The van der Waals surface area contributed by atoms with Crippen molar-refractivity contribution in [2.24, 2.45) is 5.84 Å². The van der Waals surface area contributed by atoms with Crippen LogP contribution in [0.15, 0.2) is 16.8 Å². The van der Waals surface area contributed by atoms with E-state index in [4.69, 9.17) is 10.6 Å². The predicted molar refractivity (Wildman–Crippen MR) is 69.5 cm³/mol. The summed E-state index contributed by atoms with van der Waals surface area (Å²) in [5.41, 5.74) is 4.26. The number of aryl methyl sites for hydroxylation is 1. The van der Waals surface area contributed by atoms with E-state index in [1.54, 1.807) is 18.4 Å². The molecule has 1 rings (SSSR count). The van der Waals surface area contributed by atoms with Crippen LogP contribution in [0.4, 0.5) is 0 Å². The number of nitrogens with one attached hydrogen (secondary N) is 1. The van der Waals surface area contributed by atoms with E-state index in [9.17, 15) is 0 Å². The summed E-state index contributed by atoms with van der Waals surface area (Å²) in [6.07, 6.45) is 4.46. The lowest BCUT2D eigenvalue weighted by Gasteiger charge is -2.25. The molecule has 4 heteroatoms. The molecule has 1 aromatic rings. The molecule has 3 nitrogen and oxygen atoms in total. The predicted octanol–water partition coefficient (Wildman–Crippen LogP) is 2.33. The Balaban J connectivity index is 2.40. The summed E-state index contributed by atoms with van der Waals surface area (Å²) in [5.74, 6) is 5.59. The van der Waals surface area contributed by atoms with Crippen LogP contribution in [0.25, 0.3) is 0 Å². The lowest BCUT2D eigenvalue weighted by molar-refractivity contribution is 0.0582. The van der Waals surface area contributed by atoms with Gasteiger partial charge in [0.25, 0.3) is 0 Å². The molecule has 0 radical (unpaired) electrons. The van der Waals surface area contributed by atoms with Crippen LogP contribution in [0.5, 0.6) is 0 Å². The normalized spacial score (nSPS) is 14.9. The third-order valence-corrected chi connectivity index (χ3v) is 3.59. The average molecular weight is 242 g/mol. The molecule has 16 heavy (non-hydrogen) atoms. The topological polar surface area (TPSA) is 47.3 Å². The van der Waals surface area contributed by atoms with Gasteiger partial charge >= 0.3 is 0 Å². The van der Waals surface area contributed by atoms with Gasteiger partial charge in [0, 0.05) is 13.2 Å². The molecule has 0 saturated heterocycles. The second-order valence-electron chi connectivity index (χ2n) is 4.01. The fourth-order valence-electron chi connectivity index (χ4n) is 1.90. The van der Waals surface area contributed by atoms with Crippen LogP contribution in [0.2, 0.25) is 0 Å². The molecular formula is C12H22N2OS. The van der Waals surface area contributed by atoms with Crippen molar-refractivity contribution in [1.29, 1.82) is 0 Å². The summed E-state index contributed by atoms with van der Waals surface area (Å²) in [4.78, 5) is 0. The molecule has 0 aliphatic rings. The summed E-state index contributed by atoms with van der Waals surface area (Å²) in [5, 5.41) is 4.30. The molecular weight excluding hydrogens is 220 g/mol. The average Bonchev–Trinajstić information content (AvgIpc) is 2.81. The first-order valence-electron chi connectivity index (χ1n) is 5.81. The monoisotopic (exact) mass is 242 g/mol. The largest absolute Gasteiger partial charge is 0.380 e. The summed E-state index contributed by atoms with van der Waals surface area (Å²) >= 11 is 1.74. The van der Waals surface area contributed by atoms with Gasteiger partial charge in [-0.15, -0.1) is 0 Å². The standard InChI is InChI=1S/C12H22N2OS/c1-3-4-12(15-2)11(14-13)6-5-10-7-8-16-9-10/h7-9,11-12,14H,3-6,13H2,1-2H3. The van der Waals surface area contributed by atoms with E-state index in [0.717, 1.165) is 25.7 Å². The Labute approximate surface area is 102 Å². The van der Waals surface area contributed by atoms with Crippen LogP contribution in [-0.2, 0) is 11.2 Å². The fourth-order valence-corrected chi connectivity index (χ4v) is 2.60. The first-order chi connectivity index (χ1) is 7.81. The highest BCUT2D eigenvalue weighted by Gasteiger charge is 2.18. The summed E-state index contributed by atoms with van der Waals surface area (Å²) in [6, 6.07) is 2.41. The molecule has 0 aliphatic heterocycles. The lowest BCUT2D eigenvalue weighted by Crippen LogP contribution is -2.45. The van der Waals surface area contributed by atoms with Crippen molar-refractivity contribution >= 4 is 11.3 Å². The zero-order valence-corrected chi connectivity index (χ0v) is 10.9. The van der Waals surface area contributed by atoms with Gasteiger partial charge < -0.3 is 4.74 Å². The number of hydrogen-bond acceptors (Lipinski definition) is 4. The van der Waals surface area contributed by atoms with E-state index in [0.29, 0.717) is 0 Å². The number of methoxy groups -OCH3 is 1. The zero-order valence-electron chi connectivity index (χ0n) is 10.1. The summed E-state index contributed by atoms with van der Waals surface area (Å²) in [6.45, 7) is 2.17. The summed E-state index contributed by atoms with van der Waals surface area (Å²) in [7, 11) is 1.76. The first kappa shape index (κ1) is 13.6. The Morgan fingerprint density at radius 3 is 2.81 bits per heavy atom. The second-order valence-corrected chi connectivity index (χ2v) is 4.79. The molecule has 0 amide bonds. The van der Waals surface area contributed by atoms with E-state index < -0.39 is 0 Å². The van der Waals surface area contributed by atoms with E-state index in [-0.39, 0.29) is 12.1 Å². The number of nitrogens with two attached hydrogens (primary N) is 1. The Bertz CT molecular complexity index is 264. The van der Waals surface area contributed by atoms with Crippen LogP contribution in [-0.4, -0.2) is 19.3 Å². The molecule has 92 valence electrons. The van der Waals surface area contributed by atoms with Crippen LogP contribution in [0.1, 0.15) is 31.7 Å². The van der Waals surface area contributed by atoms with Gasteiger partial charge in [-0.25, -0.2) is 0 Å². The van der Waals surface area contributed by atoms with Crippen molar-refractivity contribution in [1.82, 2.24) is 5.43 Å². The first-order valence-corrected chi connectivity index (χ1v) is 6.76. The SMILES string of the molecule is CCCC(OC)C(CCc1ccsc1)NN. The quantitative estimate of drug-likeness (QED) is 0.543. The van der Waals surface area contributed by atoms with Gasteiger partial charge in [-0.2, -0.15) is 11.3 Å². The van der Waals surface area contributed by atoms with E-state index in [1.165, 1.54) is 5.56 Å². The number of ether oxygens (including phenoxy) is 1. The van der Waals surface area contributed by atoms with Gasteiger partial charge in [0.15, 0.2) is 0 Å². The second kappa shape index (κ2) is 7.79. The molecule has 1 heterocycles. The highest BCUT2D eigenvalue weighted by Crippen LogP contribution is 2.14. The summed E-state index contributed by atoms with van der Waals surface area (Å²) < 4.78 is 5.47. The Morgan fingerprint density at radius 2 is 2.31 bits per heavy atom. The third-order valence-electron chi connectivity index (χ3n) is 2.86. The van der Waals surface area contributed by atoms with E-state index in [1.807, 2.05) is 0 Å². The van der Waals surface area contributed by atoms with Crippen molar-refractivity contribution in [3.05, 3.63) is 22.4 Å². The maximum absolute atomic E-state index is 5.59. The van der Waals surface area contributed by atoms with Crippen LogP contribution < -0.4 is 11.3 Å². The van der Waals surface area contributed by atoms with Gasteiger partial charge in [-0.05, 0) is 41.7 Å². The molecule has 2 unspecified atom stereocenters. The number of hydrazine groups is 1. The van der Waals surface area contributed by atoms with Crippen molar-refractivity contribution < 1.29 is 4.74 Å². The van der Waals surface area contributed by atoms with Crippen LogP contribution in [0, 0.1) is 0 Å². The number of thiophene rings is 1. The van der Waals surface area contributed by atoms with E-state index >= 15 is 0 Å². The molecule has 0 saturated carbocycles. The molecule has 3 N–H and O–H groups in total. The van der Waals surface area contributed by atoms with Crippen molar-refractivity contribution in [2.45, 2.75) is 44.8 Å². The molecule has 0 fully saturated rings. The minimum absolute atomic E-state index is 0.216. The van der Waals surface area contributed by atoms with Gasteiger partial charge in [-0.3, -0.25) is 11.3 Å². The third kappa shape index (κ3) is 4.22. The van der Waals surface area contributed by atoms with Gasteiger partial charge in [0.1, 0.15) is 0 Å². The Morgan fingerprint density at radius 1 is 1.50 bits per heavy atom. The Kier molecular flexibility index (Phi) is 6.64. The number of rotatable bonds is 8. The molecule has 1 aromatic heterocycles. The van der Waals surface area contributed by atoms with Gasteiger partial charge in [0.2, 0.25) is 0 Å². The number of hydrogen-bond donors (Lipinski definition) is 2. The molecule has 0 aromatic carbocycles. The maximum atomic E-state index is 5.59. The minimum Gasteiger partial charge on any atom is -0.380 e. The highest BCUT2D eigenvalue weighted by molar-refractivity contribution is 7.07. The smallest absolute Gasteiger partial charge is 0.0737 e. The molecule has 2 atom stereocenters. The lowest BCUT2D eigenvalue weighted by atomic mass is 10.00. The molecule has 0 aliphatic carbocycles. The van der Waals surface area contributed by atoms with Crippen LogP contribution >= 0.6 is 11.3 Å². The van der Waals surface area contributed by atoms with Crippen molar-refractivity contribution in [3.63, 3.8) is 0 Å². The molecule has 0 spiro atoms. The van der Waals surface area contributed by atoms with E-state index in [2.05, 4.69) is 29.2 Å². The Hall–Kier alpha value is -0.420. The zero-order chi connectivity index (χ0) is 11.8. The fraction of sp³-hybridized carbons (Fsp3) is 0.667. The van der Waals surface area contributed by atoms with Crippen LogP contribution in [0.3, 0.4) is 0 Å². The minimum atomic E-state index is 0.216. The van der Waals surface area contributed by atoms with Gasteiger partial charge in [0.05, 0.1) is 6.10 Å². The molecule has 0 bridgehead atoms. The van der Waals surface area contributed by atoms with Gasteiger partial charge in [-0.1, -0.05) is 13.3 Å². The van der Waals surface area contributed by atoms with Crippen molar-refractivity contribution in [3.8, 4) is 0 Å². The highest BCUT2D eigenvalue weighted by atomic mass is 32.1.